The van der Waals surface area contributed by atoms with Gasteiger partial charge in [0.2, 0.25) is 0 Å². The standard InChI is InChI=1S/C14H22O2/c1-4-13(15)14(16)8-7-12-9-10(2)5-6-11(12)3/h5-6,9,13-16H,4,7-8H2,1-3H3. The summed E-state index contributed by atoms with van der Waals surface area (Å²) in [6, 6.07) is 6.35. The van der Waals surface area contributed by atoms with Gasteiger partial charge in [0.25, 0.3) is 0 Å². The van der Waals surface area contributed by atoms with Gasteiger partial charge in [-0.15, -0.1) is 0 Å². The molecular weight excluding hydrogens is 200 g/mol. The van der Waals surface area contributed by atoms with E-state index in [0.29, 0.717) is 12.8 Å². The maximum Gasteiger partial charge on any atom is 0.0802 e. The fourth-order valence-corrected chi connectivity index (χ4v) is 1.84. The first-order chi connectivity index (χ1) is 7.54. The van der Waals surface area contributed by atoms with Crippen molar-refractivity contribution in [1.29, 1.82) is 0 Å². The topological polar surface area (TPSA) is 40.5 Å². The second kappa shape index (κ2) is 6.02. The molecule has 0 heterocycles. The molecule has 0 fully saturated rings. The molecule has 0 aliphatic rings. The lowest BCUT2D eigenvalue weighted by molar-refractivity contribution is 0.0130. The third-order valence-corrected chi connectivity index (χ3v) is 3.08. The van der Waals surface area contributed by atoms with Crippen LogP contribution in [-0.4, -0.2) is 22.4 Å². The van der Waals surface area contributed by atoms with Crippen molar-refractivity contribution in [3.63, 3.8) is 0 Å². The summed E-state index contributed by atoms with van der Waals surface area (Å²) in [5.74, 6) is 0. The highest BCUT2D eigenvalue weighted by Crippen LogP contribution is 2.15. The molecule has 0 aliphatic carbocycles. The molecule has 0 amide bonds. The van der Waals surface area contributed by atoms with Crippen LogP contribution in [0.15, 0.2) is 18.2 Å². The Labute approximate surface area is 97.9 Å². The van der Waals surface area contributed by atoms with E-state index in [0.717, 1.165) is 6.42 Å². The van der Waals surface area contributed by atoms with Crippen molar-refractivity contribution in [2.24, 2.45) is 0 Å². The molecule has 90 valence electrons. The van der Waals surface area contributed by atoms with Gasteiger partial charge in [0.15, 0.2) is 0 Å². The van der Waals surface area contributed by atoms with E-state index in [1.165, 1.54) is 16.7 Å². The van der Waals surface area contributed by atoms with Gasteiger partial charge in [-0.3, -0.25) is 0 Å². The summed E-state index contributed by atoms with van der Waals surface area (Å²) in [7, 11) is 0. The van der Waals surface area contributed by atoms with E-state index < -0.39 is 12.2 Å². The van der Waals surface area contributed by atoms with Gasteiger partial charge in [-0.25, -0.2) is 0 Å². The predicted octanol–water partition coefficient (Wildman–Crippen LogP) is 2.37. The monoisotopic (exact) mass is 222 g/mol. The Bertz CT molecular complexity index is 334. The molecule has 2 atom stereocenters. The van der Waals surface area contributed by atoms with Gasteiger partial charge in [-0.05, 0) is 44.2 Å². The highest BCUT2D eigenvalue weighted by molar-refractivity contribution is 5.30. The molecule has 2 nitrogen and oxygen atoms in total. The molecule has 1 rings (SSSR count). The van der Waals surface area contributed by atoms with Crippen LogP contribution in [0.5, 0.6) is 0 Å². The maximum atomic E-state index is 9.69. The van der Waals surface area contributed by atoms with Crippen LogP contribution in [0.1, 0.15) is 36.5 Å². The van der Waals surface area contributed by atoms with Crippen molar-refractivity contribution in [3.8, 4) is 0 Å². The largest absolute Gasteiger partial charge is 0.390 e. The van der Waals surface area contributed by atoms with Crippen LogP contribution in [0.25, 0.3) is 0 Å². The van der Waals surface area contributed by atoms with Crippen molar-refractivity contribution >= 4 is 0 Å². The molecule has 0 bridgehead atoms. The summed E-state index contributed by atoms with van der Waals surface area (Å²) < 4.78 is 0. The van der Waals surface area contributed by atoms with Gasteiger partial charge in [0.05, 0.1) is 12.2 Å². The van der Waals surface area contributed by atoms with E-state index in [1.807, 2.05) is 6.92 Å². The maximum absolute atomic E-state index is 9.69. The summed E-state index contributed by atoms with van der Waals surface area (Å²) >= 11 is 0. The molecule has 0 saturated carbocycles. The zero-order valence-corrected chi connectivity index (χ0v) is 10.4. The number of benzene rings is 1. The lowest BCUT2D eigenvalue weighted by atomic mass is 9.98. The number of aliphatic hydroxyl groups excluding tert-OH is 2. The normalized spacial score (nSPS) is 14.8. The molecule has 0 radical (unpaired) electrons. The number of hydrogen-bond donors (Lipinski definition) is 2. The fraction of sp³-hybridized carbons (Fsp3) is 0.571. The van der Waals surface area contributed by atoms with Crippen molar-refractivity contribution < 1.29 is 10.2 Å². The van der Waals surface area contributed by atoms with E-state index in [9.17, 15) is 10.2 Å². The first kappa shape index (κ1) is 13.2. The molecule has 16 heavy (non-hydrogen) atoms. The van der Waals surface area contributed by atoms with Gasteiger partial charge in [0.1, 0.15) is 0 Å². The number of hydrogen-bond acceptors (Lipinski definition) is 2. The first-order valence-corrected chi connectivity index (χ1v) is 5.96. The molecular formula is C14H22O2. The van der Waals surface area contributed by atoms with Crippen LogP contribution in [-0.2, 0) is 6.42 Å². The van der Waals surface area contributed by atoms with Gasteiger partial charge >= 0.3 is 0 Å². The highest BCUT2D eigenvalue weighted by Gasteiger charge is 2.14. The van der Waals surface area contributed by atoms with E-state index >= 15 is 0 Å². The Morgan fingerprint density at radius 2 is 1.81 bits per heavy atom. The molecule has 0 aromatic heterocycles. The average Bonchev–Trinajstić information content (AvgIpc) is 2.28. The van der Waals surface area contributed by atoms with Crippen molar-refractivity contribution in [1.82, 2.24) is 0 Å². The fourth-order valence-electron chi connectivity index (χ4n) is 1.84. The van der Waals surface area contributed by atoms with E-state index in [1.54, 1.807) is 0 Å². The van der Waals surface area contributed by atoms with Crippen molar-refractivity contribution in [2.75, 3.05) is 0 Å². The van der Waals surface area contributed by atoms with E-state index in [4.69, 9.17) is 0 Å². The minimum atomic E-state index is -0.607. The Hall–Kier alpha value is -0.860. The Kier molecular flexibility index (Phi) is 4.97. The van der Waals surface area contributed by atoms with Gasteiger partial charge in [0, 0.05) is 0 Å². The Morgan fingerprint density at radius 1 is 1.12 bits per heavy atom. The molecule has 0 spiro atoms. The number of aryl methyl sites for hydroxylation is 3. The van der Waals surface area contributed by atoms with Crippen molar-refractivity contribution in [2.45, 2.75) is 52.2 Å². The summed E-state index contributed by atoms with van der Waals surface area (Å²) in [5, 5.41) is 19.2. The van der Waals surface area contributed by atoms with Crippen LogP contribution in [0.3, 0.4) is 0 Å². The summed E-state index contributed by atoms with van der Waals surface area (Å²) in [5.41, 5.74) is 3.76. The molecule has 1 aromatic rings. The SMILES string of the molecule is CCC(O)C(O)CCc1cc(C)ccc1C. The van der Waals surface area contributed by atoms with Gasteiger partial charge in [-0.2, -0.15) is 0 Å². The zero-order chi connectivity index (χ0) is 12.1. The van der Waals surface area contributed by atoms with Crippen LogP contribution < -0.4 is 0 Å². The second-order valence-corrected chi connectivity index (χ2v) is 4.51. The molecule has 0 aliphatic heterocycles. The van der Waals surface area contributed by atoms with Crippen LogP contribution in [0, 0.1) is 13.8 Å². The smallest absolute Gasteiger partial charge is 0.0802 e. The van der Waals surface area contributed by atoms with Gasteiger partial charge < -0.3 is 10.2 Å². The summed E-state index contributed by atoms with van der Waals surface area (Å²) in [6.07, 6.45) is 0.856. The first-order valence-electron chi connectivity index (χ1n) is 5.96. The minimum Gasteiger partial charge on any atom is -0.390 e. The molecule has 2 unspecified atom stereocenters. The van der Waals surface area contributed by atoms with Crippen LogP contribution >= 0.6 is 0 Å². The molecule has 2 heteroatoms. The minimum absolute atomic E-state index is 0.592. The lowest BCUT2D eigenvalue weighted by Crippen LogP contribution is -2.25. The van der Waals surface area contributed by atoms with Gasteiger partial charge in [-0.1, -0.05) is 30.7 Å². The lowest BCUT2D eigenvalue weighted by Gasteiger charge is -2.16. The number of aliphatic hydroxyl groups is 2. The summed E-state index contributed by atoms with van der Waals surface area (Å²) in [4.78, 5) is 0. The quantitative estimate of drug-likeness (QED) is 0.803. The zero-order valence-electron chi connectivity index (χ0n) is 10.4. The van der Waals surface area contributed by atoms with E-state index in [2.05, 4.69) is 32.0 Å². The molecule has 2 N–H and O–H groups in total. The average molecular weight is 222 g/mol. The Balaban J connectivity index is 2.57. The second-order valence-electron chi connectivity index (χ2n) is 4.51. The highest BCUT2D eigenvalue weighted by atomic mass is 16.3. The van der Waals surface area contributed by atoms with Crippen LogP contribution in [0.2, 0.25) is 0 Å². The van der Waals surface area contributed by atoms with E-state index in [-0.39, 0.29) is 0 Å². The van der Waals surface area contributed by atoms with Crippen molar-refractivity contribution in [3.05, 3.63) is 34.9 Å². The third kappa shape index (κ3) is 3.62. The van der Waals surface area contributed by atoms with Crippen LogP contribution in [0.4, 0.5) is 0 Å². The Morgan fingerprint density at radius 3 is 2.44 bits per heavy atom. The molecule has 1 aromatic carbocycles. The predicted molar refractivity (Wildman–Crippen MR) is 66.5 cm³/mol. The summed E-state index contributed by atoms with van der Waals surface area (Å²) in [6.45, 7) is 6.03. The number of rotatable bonds is 5. The third-order valence-electron chi connectivity index (χ3n) is 3.08. The molecule has 0 saturated heterocycles.